The standard InChI is InChI=1S/C27H29ClN2O6S/c1-4-36-29-18-22-11-9-21(10-12-22)13-14-35-24-16-19(2)15-23(17-24)30(20(3)27(31)32)37(33,34)26-8-6-5-7-25(26)28/h5-12,15-18,20H,4,13-14H2,1-3H3,(H,31,32). The van der Waals surface area contributed by atoms with E-state index in [9.17, 15) is 18.3 Å². The molecule has 10 heteroatoms. The third kappa shape index (κ3) is 7.24. The van der Waals surface area contributed by atoms with Crippen LogP contribution in [0.3, 0.4) is 0 Å². The normalized spacial score (nSPS) is 12.3. The van der Waals surface area contributed by atoms with E-state index in [1.54, 1.807) is 31.3 Å². The lowest BCUT2D eigenvalue weighted by molar-refractivity contribution is -0.137. The molecule has 3 aromatic carbocycles. The number of aryl methyl sites for hydroxylation is 1. The number of carbonyl (C=O) groups is 1. The Kier molecular flexibility index (Phi) is 9.54. The number of aliphatic carboxylic acids is 1. The molecule has 0 fully saturated rings. The highest BCUT2D eigenvalue weighted by molar-refractivity contribution is 7.93. The van der Waals surface area contributed by atoms with Crippen molar-refractivity contribution < 1.29 is 27.9 Å². The number of carboxylic acids is 1. The fraction of sp³-hybridized carbons (Fsp3) is 0.259. The van der Waals surface area contributed by atoms with E-state index in [1.165, 1.54) is 31.2 Å². The molecule has 1 N–H and O–H groups in total. The molecule has 0 bridgehead atoms. The van der Waals surface area contributed by atoms with Gasteiger partial charge in [-0.2, -0.15) is 0 Å². The van der Waals surface area contributed by atoms with Crippen molar-refractivity contribution in [2.45, 2.75) is 38.1 Å². The van der Waals surface area contributed by atoms with Gasteiger partial charge in [0.15, 0.2) is 0 Å². The quantitative estimate of drug-likeness (QED) is 0.245. The maximum Gasteiger partial charge on any atom is 0.327 e. The molecule has 0 aliphatic rings. The Morgan fingerprint density at radius 2 is 1.84 bits per heavy atom. The average Bonchev–Trinajstić information content (AvgIpc) is 2.85. The number of halogens is 1. The maximum absolute atomic E-state index is 13.6. The van der Waals surface area contributed by atoms with Gasteiger partial charge in [0, 0.05) is 12.5 Å². The fourth-order valence-electron chi connectivity index (χ4n) is 3.60. The summed E-state index contributed by atoms with van der Waals surface area (Å²) in [6.07, 6.45) is 2.25. The van der Waals surface area contributed by atoms with Crippen LogP contribution in [0.4, 0.5) is 5.69 Å². The van der Waals surface area contributed by atoms with Crippen LogP contribution in [0.1, 0.15) is 30.5 Å². The number of carboxylic acid groups (broad SMARTS) is 1. The van der Waals surface area contributed by atoms with E-state index < -0.39 is 22.0 Å². The molecular formula is C27H29ClN2O6S. The van der Waals surface area contributed by atoms with Gasteiger partial charge in [-0.25, -0.2) is 13.2 Å². The predicted molar refractivity (Wildman–Crippen MR) is 144 cm³/mol. The molecule has 0 aromatic heterocycles. The minimum Gasteiger partial charge on any atom is -0.493 e. The van der Waals surface area contributed by atoms with Crippen LogP contribution in [0.15, 0.2) is 76.8 Å². The van der Waals surface area contributed by atoms with Crippen LogP contribution in [0.25, 0.3) is 0 Å². The molecule has 196 valence electrons. The molecule has 8 nitrogen and oxygen atoms in total. The summed E-state index contributed by atoms with van der Waals surface area (Å²) in [6, 6.07) is 17.2. The van der Waals surface area contributed by atoms with Crippen molar-refractivity contribution >= 4 is 39.5 Å². The van der Waals surface area contributed by atoms with Gasteiger partial charge < -0.3 is 14.7 Å². The number of anilines is 1. The van der Waals surface area contributed by atoms with E-state index in [4.69, 9.17) is 21.2 Å². The minimum atomic E-state index is -4.29. The SMILES string of the molecule is CCON=Cc1ccc(CCOc2cc(C)cc(N(C(C)C(=O)O)S(=O)(=O)c3ccccc3Cl)c2)cc1. The molecule has 37 heavy (non-hydrogen) atoms. The molecule has 0 amide bonds. The topological polar surface area (TPSA) is 106 Å². The predicted octanol–water partition coefficient (Wildman–Crippen LogP) is 5.31. The minimum absolute atomic E-state index is 0.00407. The zero-order chi connectivity index (χ0) is 27.0. The molecule has 1 atom stereocenters. The van der Waals surface area contributed by atoms with Crippen molar-refractivity contribution in [1.29, 1.82) is 0 Å². The second-order valence-corrected chi connectivity index (χ2v) is 10.4. The van der Waals surface area contributed by atoms with Gasteiger partial charge in [-0.05, 0) is 61.7 Å². The van der Waals surface area contributed by atoms with Crippen molar-refractivity contribution in [3.05, 3.63) is 88.4 Å². The molecule has 1 unspecified atom stereocenters. The van der Waals surface area contributed by atoms with Gasteiger partial charge in [0.1, 0.15) is 23.3 Å². The Morgan fingerprint density at radius 3 is 2.49 bits per heavy atom. The Labute approximate surface area is 222 Å². The average molecular weight is 545 g/mol. The Hall–Kier alpha value is -3.56. The molecule has 0 saturated heterocycles. The van der Waals surface area contributed by atoms with Gasteiger partial charge in [-0.1, -0.05) is 53.2 Å². The molecule has 0 aliphatic heterocycles. The Balaban J connectivity index is 1.82. The highest BCUT2D eigenvalue weighted by atomic mass is 35.5. The largest absolute Gasteiger partial charge is 0.493 e. The molecule has 0 heterocycles. The lowest BCUT2D eigenvalue weighted by atomic mass is 10.1. The number of ether oxygens (including phenoxy) is 1. The summed E-state index contributed by atoms with van der Waals surface area (Å²) in [5.74, 6) is -0.873. The van der Waals surface area contributed by atoms with Crippen LogP contribution in [-0.2, 0) is 26.1 Å². The summed E-state index contributed by atoms with van der Waals surface area (Å²) in [5.41, 5.74) is 2.84. The van der Waals surface area contributed by atoms with E-state index in [0.717, 1.165) is 15.4 Å². The number of hydrogen-bond acceptors (Lipinski definition) is 6. The number of sulfonamides is 1. The molecule has 0 saturated carbocycles. The molecule has 3 rings (SSSR count). The monoisotopic (exact) mass is 544 g/mol. The van der Waals surface area contributed by atoms with Gasteiger partial charge in [0.2, 0.25) is 0 Å². The van der Waals surface area contributed by atoms with Gasteiger partial charge >= 0.3 is 5.97 Å². The third-order valence-corrected chi connectivity index (χ3v) is 7.82. The van der Waals surface area contributed by atoms with Crippen LogP contribution in [0.2, 0.25) is 5.02 Å². The smallest absolute Gasteiger partial charge is 0.327 e. The summed E-state index contributed by atoms with van der Waals surface area (Å²) < 4.78 is 33.9. The van der Waals surface area contributed by atoms with Crippen molar-refractivity contribution in [3.8, 4) is 5.75 Å². The van der Waals surface area contributed by atoms with Crippen LogP contribution in [0, 0.1) is 6.92 Å². The van der Waals surface area contributed by atoms with Crippen molar-refractivity contribution in [1.82, 2.24) is 0 Å². The Morgan fingerprint density at radius 1 is 1.14 bits per heavy atom. The summed E-state index contributed by atoms with van der Waals surface area (Å²) in [5, 5.41) is 13.5. The van der Waals surface area contributed by atoms with Gasteiger partial charge in [0.25, 0.3) is 10.0 Å². The van der Waals surface area contributed by atoms with E-state index >= 15 is 0 Å². The second-order valence-electron chi connectivity index (χ2n) is 8.24. The van der Waals surface area contributed by atoms with Crippen molar-refractivity contribution in [2.75, 3.05) is 17.5 Å². The van der Waals surface area contributed by atoms with Crippen molar-refractivity contribution in [2.24, 2.45) is 5.16 Å². The van der Waals surface area contributed by atoms with Crippen LogP contribution in [0.5, 0.6) is 5.75 Å². The molecule has 3 aromatic rings. The lowest BCUT2D eigenvalue weighted by Gasteiger charge is -2.29. The zero-order valence-corrected chi connectivity index (χ0v) is 22.4. The van der Waals surface area contributed by atoms with Crippen LogP contribution >= 0.6 is 11.6 Å². The summed E-state index contributed by atoms with van der Waals surface area (Å²) in [4.78, 5) is 16.7. The van der Waals surface area contributed by atoms with Gasteiger partial charge in [0.05, 0.1) is 23.5 Å². The summed E-state index contributed by atoms with van der Waals surface area (Å²) in [6.45, 7) is 5.79. The first-order chi connectivity index (χ1) is 17.6. The second kappa shape index (κ2) is 12.6. The third-order valence-electron chi connectivity index (χ3n) is 5.42. The number of benzene rings is 3. The van der Waals surface area contributed by atoms with Gasteiger partial charge in [-0.3, -0.25) is 4.31 Å². The molecular weight excluding hydrogens is 516 g/mol. The van der Waals surface area contributed by atoms with E-state index in [-0.39, 0.29) is 15.6 Å². The van der Waals surface area contributed by atoms with Gasteiger partial charge in [-0.15, -0.1) is 0 Å². The zero-order valence-electron chi connectivity index (χ0n) is 20.8. The first kappa shape index (κ1) is 28.0. The van der Waals surface area contributed by atoms with Crippen LogP contribution < -0.4 is 9.04 Å². The maximum atomic E-state index is 13.6. The summed E-state index contributed by atoms with van der Waals surface area (Å²) >= 11 is 6.16. The molecule has 0 spiro atoms. The van der Waals surface area contributed by atoms with Crippen molar-refractivity contribution in [3.63, 3.8) is 0 Å². The molecule has 0 radical (unpaired) electrons. The number of oxime groups is 1. The number of nitrogens with zero attached hydrogens (tertiary/aromatic N) is 2. The summed E-state index contributed by atoms with van der Waals surface area (Å²) in [7, 11) is -4.29. The molecule has 0 aliphatic carbocycles. The lowest BCUT2D eigenvalue weighted by Crippen LogP contribution is -2.43. The van der Waals surface area contributed by atoms with Crippen LogP contribution in [-0.4, -0.2) is 45.0 Å². The first-order valence-electron chi connectivity index (χ1n) is 11.6. The number of hydrogen-bond donors (Lipinski definition) is 1. The highest BCUT2D eigenvalue weighted by Crippen LogP contribution is 2.33. The first-order valence-corrected chi connectivity index (χ1v) is 13.5. The highest BCUT2D eigenvalue weighted by Gasteiger charge is 2.35. The number of rotatable bonds is 12. The Bertz CT molecular complexity index is 1360. The van der Waals surface area contributed by atoms with E-state index in [1.807, 2.05) is 31.2 Å². The van der Waals surface area contributed by atoms with E-state index in [2.05, 4.69) is 5.16 Å². The van der Waals surface area contributed by atoms with E-state index in [0.29, 0.717) is 30.9 Å². The fourth-order valence-corrected chi connectivity index (χ4v) is 5.69.